The van der Waals surface area contributed by atoms with Crippen molar-refractivity contribution in [2.75, 3.05) is 6.61 Å². The predicted molar refractivity (Wildman–Crippen MR) is 111 cm³/mol. The molecule has 142 valence electrons. The second kappa shape index (κ2) is 8.12. The molecule has 1 amide bonds. The molecule has 1 heterocycles. The topological polar surface area (TPSA) is 78.1 Å². The Labute approximate surface area is 164 Å². The highest BCUT2D eigenvalue weighted by molar-refractivity contribution is 6.02. The SMILES string of the molecule is Cc1cc(/C=C(\C#N)C(=O)NC(C)CO)c(C)n1-c1cccc2ccccc12. The fraction of sp³-hybridized carbons (Fsp3) is 0.217. The number of hydrogen-bond acceptors (Lipinski definition) is 3. The third kappa shape index (κ3) is 3.68. The summed E-state index contributed by atoms with van der Waals surface area (Å²) < 4.78 is 2.14. The molecule has 5 heteroatoms. The van der Waals surface area contributed by atoms with Gasteiger partial charge in [0.2, 0.25) is 0 Å². The molecule has 5 nitrogen and oxygen atoms in total. The molecule has 2 N–H and O–H groups in total. The van der Waals surface area contributed by atoms with Crippen LogP contribution in [0, 0.1) is 25.2 Å². The molecule has 3 aromatic rings. The molecule has 0 bridgehead atoms. The minimum Gasteiger partial charge on any atom is -0.394 e. The molecule has 0 saturated heterocycles. The van der Waals surface area contributed by atoms with E-state index in [-0.39, 0.29) is 12.2 Å². The number of aryl methyl sites for hydroxylation is 1. The van der Waals surface area contributed by atoms with Crippen LogP contribution in [0.1, 0.15) is 23.9 Å². The van der Waals surface area contributed by atoms with E-state index in [0.29, 0.717) is 0 Å². The Hall–Kier alpha value is -3.36. The lowest BCUT2D eigenvalue weighted by atomic mass is 10.1. The van der Waals surface area contributed by atoms with Crippen molar-refractivity contribution >= 4 is 22.8 Å². The number of amides is 1. The summed E-state index contributed by atoms with van der Waals surface area (Å²) in [5, 5.41) is 23.4. The standard InChI is InChI=1S/C23H23N3O2/c1-15(14-27)25-23(28)20(13-24)12-19-11-16(2)26(17(19)3)22-10-6-8-18-7-4-5-9-21(18)22/h4-12,15,27H,14H2,1-3H3,(H,25,28)/b20-12+. The third-order valence-corrected chi connectivity index (χ3v) is 4.79. The summed E-state index contributed by atoms with van der Waals surface area (Å²) in [4.78, 5) is 12.3. The number of carbonyl (C=O) groups is 1. The number of aliphatic hydroxyl groups excluding tert-OH is 1. The van der Waals surface area contributed by atoms with Gasteiger partial charge in [-0.15, -0.1) is 0 Å². The smallest absolute Gasteiger partial charge is 0.262 e. The van der Waals surface area contributed by atoms with E-state index in [1.54, 1.807) is 13.0 Å². The summed E-state index contributed by atoms with van der Waals surface area (Å²) in [5.74, 6) is -0.487. The van der Waals surface area contributed by atoms with Gasteiger partial charge in [-0.2, -0.15) is 5.26 Å². The molecule has 28 heavy (non-hydrogen) atoms. The van der Waals surface area contributed by atoms with Gasteiger partial charge in [0.05, 0.1) is 12.3 Å². The van der Waals surface area contributed by atoms with Crippen LogP contribution in [0.15, 0.2) is 54.1 Å². The van der Waals surface area contributed by atoms with Gasteiger partial charge in [-0.3, -0.25) is 4.79 Å². The molecule has 2 aromatic carbocycles. The van der Waals surface area contributed by atoms with Crippen molar-refractivity contribution in [3.8, 4) is 11.8 Å². The molecule has 1 aromatic heterocycles. The molecule has 0 aliphatic rings. The van der Waals surface area contributed by atoms with Crippen molar-refractivity contribution in [1.82, 2.24) is 9.88 Å². The number of carbonyl (C=O) groups excluding carboxylic acids is 1. The zero-order chi connectivity index (χ0) is 20.3. The van der Waals surface area contributed by atoms with Gasteiger partial charge in [0.15, 0.2) is 0 Å². The summed E-state index contributed by atoms with van der Waals surface area (Å²) in [6, 6.07) is 17.9. The van der Waals surface area contributed by atoms with Crippen molar-refractivity contribution in [3.05, 3.63) is 71.1 Å². The molecule has 1 unspecified atom stereocenters. The van der Waals surface area contributed by atoms with Gasteiger partial charge in [0, 0.05) is 22.8 Å². The van der Waals surface area contributed by atoms with Crippen molar-refractivity contribution in [2.45, 2.75) is 26.8 Å². The quantitative estimate of drug-likeness (QED) is 0.529. The monoisotopic (exact) mass is 373 g/mol. The molecule has 0 spiro atoms. The van der Waals surface area contributed by atoms with Crippen LogP contribution in [0.3, 0.4) is 0 Å². The van der Waals surface area contributed by atoms with Crippen LogP contribution in [0.2, 0.25) is 0 Å². The Bertz CT molecular complexity index is 1100. The van der Waals surface area contributed by atoms with Crippen LogP contribution in [0.5, 0.6) is 0 Å². The molecule has 0 radical (unpaired) electrons. The summed E-state index contributed by atoms with van der Waals surface area (Å²) >= 11 is 0. The van der Waals surface area contributed by atoms with Gasteiger partial charge in [-0.25, -0.2) is 0 Å². The number of fused-ring (bicyclic) bond motifs is 1. The first-order valence-electron chi connectivity index (χ1n) is 9.17. The number of benzene rings is 2. The molecule has 1 atom stereocenters. The maximum atomic E-state index is 12.3. The van der Waals surface area contributed by atoms with E-state index in [1.807, 2.05) is 44.2 Å². The number of aromatic nitrogens is 1. The van der Waals surface area contributed by atoms with Crippen molar-refractivity contribution in [2.24, 2.45) is 0 Å². The van der Waals surface area contributed by atoms with Crippen LogP contribution < -0.4 is 5.32 Å². The van der Waals surface area contributed by atoms with E-state index in [9.17, 15) is 10.1 Å². The van der Waals surface area contributed by atoms with E-state index in [1.165, 1.54) is 0 Å². The Morgan fingerprint density at radius 2 is 1.96 bits per heavy atom. The Morgan fingerprint density at radius 1 is 1.25 bits per heavy atom. The molecule has 0 aliphatic heterocycles. The Kier molecular flexibility index (Phi) is 5.62. The summed E-state index contributed by atoms with van der Waals surface area (Å²) in [7, 11) is 0. The number of aliphatic hydroxyl groups is 1. The van der Waals surface area contributed by atoms with Gasteiger partial charge >= 0.3 is 0 Å². The molecular formula is C23H23N3O2. The average Bonchev–Trinajstić information content (AvgIpc) is 2.98. The normalized spacial score (nSPS) is 12.6. The number of nitrogens with zero attached hydrogens (tertiary/aromatic N) is 2. The van der Waals surface area contributed by atoms with Crippen LogP contribution in [0.4, 0.5) is 0 Å². The van der Waals surface area contributed by atoms with Crippen molar-refractivity contribution < 1.29 is 9.90 Å². The van der Waals surface area contributed by atoms with E-state index < -0.39 is 11.9 Å². The van der Waals surface area contributed by atoms with Gasteiger partial charge in [0.25, 0.3) is 5.91 Å². The highest BCUT2D eigenvalue weighted by Gasteiger charge is 2.16. The van der Waals surface area contributed by atoms with Crippen molar-refractivity contribution in [1.29, 1.82) is 5.26 Å². The van der Waals surface area contributed by atoms with Crippen LogP contribution in [0.25, 0.3) is 22.5 Å². The highest BCUT2D eigenvalue weighted by atomic mass is 16.3. The largest absolute Gasteiger partial charge is 0.394 e. The lowest BCUT2D eigenvalue weighted by Crippen LogP contribution is -2.35. The maximum Gasteiger partial charge on any atom is 0.262 e. The number of nitrogens with one attached hydrogen (secondary N) is 1. The average molecular weight is 373 g/mol. The predicted octanol–water partition coefficient (Wildman–Crippen LogP) is 3.65. The molecule has 0 saturated carbocycles. The van der Waals surface area contributed by atoms with Crippen LogP contribution in [-0.4, -0.2) is 28.2 Å². The van der Waals surface area contributed by atoms with Gasteiger partial charge in [-0.1, -0.05) is 36.4 Å². The van der Waals surface area contributed by atoms with Gasteiger partial charge in [0.1, 0.15) is 11.6 Å². The second-order valence-corrected chi connectivity index (χ2v) is 6.89. The first kappa shape index (κ1) is 19.4. The zero-order valence-corrected chi connectivity index (χ0v) is 16.2. The minimum atomic E-state index is -0.487. The van der Waals surface area contributed by atoms with Gasteiger partial charge < -0.3 is 15.0 Å². The second-order valence-electron chi connectivity index (χ2n) is 6.89. The summed E-state index contributed by atoms with van der Waals surface area (Å²) in [6.45, 7) is 5.48. The maximum absolute atomic E-state index is 12.3. The first-order chi connectivity index (χ1) is 13.5. The summed E-state index contributed by atoms with van der Waals surface area (Å²) in [6.07, 6.45) is 1.60. The number of hydrogen-bond donors (Lipinski definition) is 2. The summed E-state index contributed by atoms with van der Waals surface area (Å²) in [5.41, 5.74) is 3.85. The van der Waals surface area contributed by atoms with E-state index in [0.717, 1.165) is 33.4 Å². The molecular weight excluding hydrogens is 350 g/mol. The lowest BCUT2D eigenvalue weighted by Gasteiger charge is -2.13. The van der Waals surface area contributed by atoms with Crippen LogP contribution >= 0.6 is 0 Å². The number of rotatable bonds is 5. The van der Waals surface area contributed by atoms with E-state index in [2.05, 4.69) is 34.1 Å². The van der Waals surface area contributed by atoms with Crippen LogP contribution in [-0.2, 0) is 4.79 Å². The zero-order valence-electron chi connectivity index (χ0n) is 16.2. The molecule has 3 rings (SSSR count). The fourth-order valence-electron chi connectivity index (χ4n) is 3.36. The molecule has 0 aliphatic carbocycles. The Balaban J connectivity index is 2.07. The lowest BCUT2D eigenvalue weighted by molar-refractivity contribution is -0.117. The van der Waals surface area contributed by atoms with Crippen molar-refractivity contribution in [3.63, 3.8) is 0 Å². The highest BCUT2D eigenvalue weighted by Crippen LogP contribution is 2.28. The third-order valence-electron chi connectivity index (χ3n) is 4.79. The van der Waals surface area contributed by atoms with E-state index >= 15 is 0 Å². The van der Waals surface area contributed by atoms with E-state index in [4.69, 9.17) is 5.11 Å². The molecule has 0 fully saturated rings. The van der Waals surface area contributed by atoms with Gasteiger partial charge in [-0.05, 0) is 49.9 Å². The minimum absolute atomic E-state index is 0.0125. The first-order valence-corrected chi connectivity index (χ1v) is 9.17. The fourth-order valence-corrected chi connectivity index (χ4v) is 3.36. The Morgan fingerprint density at radius 3 is 2.68 bits per heavy atom. The number of nitriles is 1.